The molecule has 2 N–H and O–H groups in total. The number of hydrogen-bond donors (Lipinski definition) is 1. The summed E-state index contributed by atoms with van der Waals surface area (Å²) < 4.78 is 0. The standard InChI is InChI=1S/C13H26N2O/c1-10(2)9-12(14)13(16)15-8-6-4-5-7-11(15)3/h10-12H,4-9,14H2,1-3H3/t11?,12-/m0/s1. The molecule has 0 saturated carbocycles. The van der Waals surface area contributed by atoms with Crippen molar-refractivity contribution in [2.75, 3.05) is 6.54 Å². The Bertz CT molecular complexity index is 228. The molecule has 0 aromatic heterocycles. The van der Waals surface area contributed by atoms with Gasteiger partial charge < -0.3 is 10.6 Å². The number of rotatable bonds is 3. The number of carbonyl (C=O) groups is 1. The van der Waals surface area contributed by atoms with Crippen molar-refractivity contribution in [2.24, 2.45) is 11.7 Å². The third-order valence-corrected chi connectivity index (χ3v) is 3.38. The lowest BCUT2D eigenvalue weighted by Crippen LogP contribution is -2.48. The van der Waals surface area contributed by atoms with Gasteiger partial charge in [0, 0.05) is 12.6 Å². The third kappa shape index (κ3) is 3.78. The maximum absolute atomic E-state index is 12.2. The quantitative estimate of drug-likeness (QED) is 0.801. The second kappa shape index (κ2) is 6.24. The second-order valence-corrected chi connectivity index (χ2v) is 5.47. The fourth-order valence-electron chi connectivity index (χ4n) is 2.42. The van der Waals surface area contributed by atoms with Gasteiger partial charge in [-0.2, -0.15) is 0 Å². The molecule has 2 atom stereocenters. The number of amides is 1. The summed E-state index contributed by atoms with van der Waals surface area (Å²) in [6, 6.07) is 0.0637. The first-order valence-corrected chi connectivity index (χ1v) is 6.58. The van der Waals surface area contributed by atoms with Crippen LogP contribution in [-0.4, -0.2) is 29.4 Å². The number of carbonyl (C=O) groups excluding carboxylic acids is 1. The van der Waals surface area contributed by atoms with E-state index in [9.17, 15) is 4.79 Å². The van der Waals surface area contributed by atoms with E-state index in [1.807, 2.05) is 4.90 Å². The number of nitrogens with two attached hydrogens (primary N) is 1. The molecule has 0 radical (unpaired) electrons. The predicted molar refractivity (Wildman–Crippen MR) is 67.1 cm³/mol. The third-order valence-electron chi connectivity index (χ3n) is 3.38. The highest BCUT2D eigenvalue weighted by Gasteiger charge is 2.26. The van der Waals surface area contributed by atoms with E-state index in [1.165, 1.54) is 12.8 Å². The number of likely N-dealkylation sites (tertiary alicyclic amines) is 1. The van der Waals surface area contributed by atoms with Gasteiger partial charge in [-0.05, 0) is 32.1 Å². The molecule has 1 heterocycles. The van der Waals surface area contributed by atoms with Gasteiger partial charge in [-0.1, -0.05) is 26.7 Å². The summed E-state index contributed by atoms with van der Waals surface area (Å²) in [7, 11) is 0. The normalized spacial score (nSPS) is 24.3. The second-order valence-electron chi connectivity index (χ2n) is 5.47. The van der Waals surface area contributed by atoms with Gasteiger partial charge in [-0.15, -0.1) is 0 Å². The molecule has 94 valence electrons. The lowest BCUT2D eigenvalue weighted by molar-refractivity contribution is -0.134. The Morgan fingerprint density at radius 1 is 1.38 bits per heavy atom. The summed E-state index contributed by atoms with van der Waals surface area (Å²) in [4.78, 5) is 14.2. The Hall–Kier alpha value is -0.570. The molecular weight excluding hydrogens is 200 g/mol. The number of nitrogens with zero attached hydrogens (tertiary/aromatic N) is 1. The van der Waals surface area contributed by atoms with E-state index >= 15 is 0 Å². The topological polar surface area (TPSA) is 46.3 Å². The van der Waals surface area contributed by atoms with Gasteiger partial charge in [-0.25, -0.2) is 0 Å². The van der Waals surface area contributed by atoms with Gasteiger partial charge in [-0.3, -0.25) is 4.79 Å². The molecule has 0 bridgehead atoms. The minimum Gasteiger partial charge on any atom is -0.339 e. The van der Waals surface area contributed by atoms with Crippen LogP contribution >= 0.6 is 0 Å². The zero-order valence-corrected chi connectivity index (χ0v) is 10.9. The van der Waals surface area contributed by atoms with E-state index in [2.05, 4.69) is 20.8 Å². The Labute approximate surface area is 99.4 Å². The summed E-state index contributed by atoms with van der Waals surface area (Å²) in [6.45, 7) is 7.26. The van der Waals surface area contributed by atoms with E-state index in [0.717, 1.165) is 25.8 Å². The fraction of sp³-hybridized carbons (Fsp3) is 0.923. The van der Waals surface area contributed by atoms with Crippen LogP contribution in [0.2, 0.25) is 0 Å². The average Bonchev–Trinajstić information content (AvgIpc) is 2.40. The van der Waals surface area contributed by atoms with Gasteiger partial charge in [0.15, 0.2) is 0 Å². The van der Waals surface area contributed by atoms with Crippen LogP contribution in [0.3, 0.4) is 0 Å². The summed E-state index contributed by atoms with van der Waals surface area (Å²) in [5, 5.41) is 0. The van der Waals surface area contributed by atoms with Crippen LogP contribution < -0.4 is 5.73 Å². The summed E-state index contributed by atoms with van der Waals surface area (Å²) >= 11 is 0. The highest BCUT2D eigenvalue weighted by molar-refractivity contribution is 5.81. The molecule has 1 saturated heterocycles. The maximum Gasteiger partial charge on any atom is 0.239 e. The molecule has 3 heteroatoms. The van der Waals surface area contributed by atoms with E-state index in [4.69, 9.17) is 5.73 Å². The molecule has 0 aromatic rings. The Morgan fingerprint density at radius 3 is 2.69 bits per heavy atom. The Morgan fingerprint density at radius 2 is 2.06 bits per heavy atom. The van der Waals surface area contributed by atoms with Crippen LogP contribution in [0.15, 0.2) is 0 Å². The van der Waals surface area contributed by atoms with E-state index in [-0.39, 0.29) is 11.9 Å². The van der Waals surface area contributed by atoms with Crippen molar-refractivity contribution < 1.29 is 4.79 Å². The van der Waals surface area contributed by atoms with Crippen molar-refractivity contribution in [3.63, 3.8) is 0 Å². The van der Waals surface area contributed by atoms with Gasteiger partial charge in [0.25, 0.3) is 0 Å². The van der Waals surface area contributed by atoms with Crippen molar-refractivity contribution >= 4 is 5.91 Å². The Balaban J connectivity index is 2.56. The molecule has 1 aliphatic heterocycles. The first kappa shape index (κ1) is 13.5. The molecule has 1 amide bonds. The fourth-order valence-corrected chi connectivity index (χ4v) is 2.42. The molecule has 0 spiro atoms. The van der Waals surface area contributed by atoms with E-state index < -0.39 is 0 Å². The van der Waals surface area contributed by atoms with Gasteiger partial charge in [0.1, 0.15) is 0 Å². The molecule has 1 rings (SSSR count). The van der Waals surface area contributed by atoms with E-state index in [1.54, 1.807) is 0 Å². The molecule has 1 fully saturated rings. The van der Waals surface area contributed by atoms with Crippen LogP contribution in [0.5, 0.6) is 0 Å². The molecule has 0 aliphatic carbocycles. The predicted octanol–water partition coefficient (Wildman–Crippen LogP) is 2.15. The Kier molecular flexibility index (Phi) is 5.26. The first-order valence-electron chi connectivity index (χ1n) is 6.58. The van der Waals surface area contributed by atoms with Crippen LogP contribution in [0.25, 0.3) is 0 Å². The summed E-state index contributed by atoms with van der Waals surface area (Å²) in [5.41, 5.74) is 5.97. The molecule has 0 aromatic carbocycles. The van der Waals surface area contributed by atoms with E-state index in [0.29, 0.717) is 12.0 Å². The van der Waals surface area contributed by atoms with Gasteiger partial charge in [0.2, 0.25) is 5.91 Å². The van der Waals surface area contributed by atoms with Crippen LogP contribution in [-0.2, 0) is 4.79 Å². The zero-order chi connectivity index (χ0) is 12.1. The van der Waals surface area contributed by atoms with Crippen molar-refractivity contribution in [3.8, 4) is 0 Å². The van der Waals surface area contributed by atoms with Crippen molar-refractivity contribution in [3.05, 3.63) is 0 Å². The average molecular weight is 226 g/mol. The molecule has 1 unspecified atom stereocenters. The number of hydrogen-bond acceptors (Lipinski definition) is 2. The summed E-state index contributed by atoms with van der Waals surface area (Å²) in [5.74, 6) is 0.643. The maximum atomic E-state index is 12.2. The molecule has 16 heavy (non-hydrogen) atoms. The lowest BCUT2D eigenvalue weighted by atomic mass is 10.0. The molecule has 3 nitrogen and oxygen atoms in total. The monoisotopic (exact) mass is 226 g/mol. The smallest absolute Gasteiger partial charge is 0.239 e. The highest BCUT2D eigenvalue weighted by atomic mass is 16.2. The van der Waals surface area contributed by atoms with Crippen LogP contribution in [0.1, 0.15) is 52.9 Å². The molecular formula is C13H26N2O. The highest BCUT2D eigenvalue weighted by Crippen LogP contribution is 2.18. The molecule has 1 aliphatic rings. The summed E-state index contributed by atoms with van der Waals surface area (Å²) in [6.07, 6.45) is 5.53. The minimum atomic E-state index is -0.305. The van der Waals surface area contributed by atoms with Crippen molar-refractivity contribution in [1.29, 1.82) is 0 Å². The minimum absolute atomic E-state index is 0.156. The van der Waals surface area contributed by atoms with Gasteiger partial charge >= 0.3 is 0 Å². The lowest BCUT2D eigenvalue weighted by Gasteiger charge is -2.30. The largest absolute Gasteiger partial charge is 0.339 e. The SMILES string of the molecule is CC(C)C[C@H](N)C(=O)N1CCCCCC1C. The van der Waals surface area contributed by atoms with Crippen molar-refractivity contribution in [2.45, 2.75) is 65.0 Å². The van der Waals surface area contributed by atoms with Crippen molar-refractivity contribution in [1.82, 2.24) is 4.90 Å². The van der Waals surface area contributed by atoms with Crippen LogP contribution in [0, 0.1) is 5.92 Å². The van der Waals surface area contributed by atoms with Gasteiger partial charge in [0.05, 0.1) is 6.04 Å². The van der Waals surface area contributed by atoms with Crippen LogP contribution in [0.4, 0.5) is 0 Å². The zero-order valence-electron chi connectivity index (χ0n) is 10.9. The first-order chi connectivity index (χ1) is 7.52.